The highest BCUT2D eigenvalue weighted by Gasteiger charge is 2.28. The lowest BCUT2D eigenvalue weighted by Gasteiger charge is -2.18. The fourth-order valence-electron chi connectivity index (χ4n) is 0.855. The molecule has 1 N–H and O–H groups in total. The molecule has 0 aliphatic heterocycles. The molecule has 5 heteroatoms. The molecule has 1 aromatic carbocycles. The maximum absolute atomic E-state index is 11.8. The van der Waals surface area contributed by atoms with E-state index in [1.165, 1.54) is 0 Å². The summed E-state index contributed by atoms with van der Waals surface area (Å²) in [7, 11) is 0. The van der Waals surface area contributed by atoms with Gasteiger partial charge in [-0.2, -0.15) is 0 Å². The molecule has 0 saturated heterocycles. The average Bonchev–Trinajstić information content (AvgIpc) is 2.21. The molecule has 0 spiro atoms. The Morgan fingerprint density at radius 2 is 1.93 bits per heavy atom. The zero-order valence-corrected chi connectivity index (χ0v) is 12.8. The Morgan fingerprint density at radius 3 is 2.40 bits per heavy atom. The molecule has 2 nitrogen and oxygen atoms in total. The SMILES string of the molecule is CC(Br)(CBr)C(=O)Nc1ccc(Br)cc1. The zero-order chi connectivity index (χ0) is 11.5. The van der Waals surface area contributed by atoms with E-state index < -0.39 is 4.32 Å². The van der Waals surface area contributed by atoms with Crippen LogP contribution in [0.2, 0.25) is 0 Å². The van der Waals surface area contributed by atoms with Crippen LogP contribution in [0.3, 0.4) is 0 Å². The normalized spacial score (nSPS) is 14.4. The number of rotatable bonds is 3. The zero-order valence-electron chi connectivity index (χ0n) is 8.06. The van der Waals surface area contributed by atoms with Crippen molar-refractivity contribution < 1.29 is 4.79 Å². The largest absolute Gasteiger partial charge is 0.325 e. The Labute approximate surface area is 114 Å². The number of nitrogens with one attached hydrogen (secondary N) is 1. The fraction of sp³-hybridized carbons (Fsp3) is 0.300. The van der Waals surface area contributed by atoms with E-state index in [4.69, 9.17) is 0 Å². The van der Waals surface area contributed by atoms with Gasteiger partial charge in [-0.15, -0.1) is 0 Å². The summed E-state index contributed by atoms with van der Waals surface area (Å²) in [5, 5.41) is 3.38. The number of hydrogen-bond acceptors (Lipinski definition) is 1. The summed E-state index contributed by atoms with van der Waals surface area (Å²) in [5.41, 5.74) is 0.787. The lowest BCUT2D eigenvalue weighted by molar-refractivity contribution is -0.117. The van der Waals surface area contributed by atoms with E-state index in [1.807, 2.05) is 31.2 Å². The van der Waals surface area contributed by atoms with Crippen LogP contribution in [0.4, 0.5) is 5.69 Å². The molecule has 82 valence electrons. The molecule has 0 aromatic heterocycles. The standard InChI is InChI=1S/C10H10Br3NO/c1-10(13,6-11)9(15)14-8-4-2-7(12)3-5-8/h2-5H,6H2,1H3,(H,14,15). The Kier molecular flexibility index (Phi) is 4.80. The first-order valence-corrected chi connectivity index (χ1v) is 6.98. The first kappa shape index (κ1) is 13.2. The maximum atomic E-state index is 11.8. The van der Waals surface area contributed by atoms with Crippen LogP contribution >= 0.6 is 47.8 Å². The summed E-state index contributed by atoms with van der Waals surface area (Å²) in [6.07, 6.45) is 0. The highest BCUT2D eigenvalue weighted by atomic mass is 79.9. The second kappa shape index (κ2) is 5.46. The number of alkyl halides is 2. The van der Waals surface area contributed by atoms with Crippen molar-refractivity contribution in [2.45, 2.75) is 11.2 Å². The van der Waals surface area contributed by atoms with Crippen LogP contribution < -0.4 is 5.32 Å². The maximum Gasteiger partial charge on any atom is 0.241 e. The molecular weight excluding hydrogens is 390 g/mol. The van der Waals surface area contributed by atoms with Crippen molar-refractivity contribution in [2.24, 2.45) is 0 Å². The third kappa shape index (κ3) is 3.89. The van der Waals surface area contributed by atoms with Gasteiger partial charge in [-0.3, -0.25) is 4.79 Å². The van der Waals surface area contributed by atoms with Crippen LogP contribution in [0.1, 0.15) is 6.92 Å². The Hall–Kier alpha value is 0.130. The summed E-state index contributed by atoms with van der Waals surface area (Å²) in [5.74, 6) is -0.0679. The minimum absolute atomic E-state index is 0.0679. The Bertz CT molecular complexity index is 348. The third-order valence-corrected chi connectivity index (χ3v) is 4.87. The molecule has 0 bridgehead atoms. The minimum Gasteiger partial charge on any atom is -0.325 e. The quantitative estimate of drug-likeness (QED) is 0.766. The van der Waals surface area contributed by atoms with Crippen LogP contribution in [0, 0.1) is 0 Å². The van der Waals surface area contributed by atoms with Gasteiger partial charge in [-0.1, -0.05) is 47.8 Å². The van der Waals surface area contributed by atoms with Crippen LogP contribution in [0.5, 0.6) is 0 Å². The van der Waals surface area contributed by atoms with Gasteiger partial charge in [-0.05, 0) is 31.2 Å². The molecule has 0 heterocycles. The fourth-order valence-corrected chi connectivity index (χ4v) is 1.47. The van der Waals surface area contributed by atoms with E-state index in [0.29, 0.717) is 5.33 Å². The molecule has 0 aliphatic carbocycles. The van der Waals surface area contributed by atoms with E-state index in [1.54, 1.807) is 0 Å². The van der Waals surface area contributed by atoms with Crippen molar-refractivity contribution >= 4 is 59.4 Å². The molecule has 1 amide bonds. The lowest BCUT2D eigenvalue weighted by atomic mass is 10.2. The van der Waals surface area contributed by atoms with Gasteiger partial charge in [-0.25, -0.2) is 0 Å². The molecule has 0 saturated carbocycles. The molecule has 0 fully saturated rings. The van der Waals surface area contributed by atoms with Gasteiger partial charge in [0.25, 0.3) is 0 Å². The molecule has 1 unspecified atom stereocenters. The molecule has 1 atom stereocenters. The molecule has 0 aliphatic rings. The number of carbonyl (C=O) groups excluding carboxylic acids is 1. The first-order valence-electron chi connectivity index (χ1n) is 4.27. The Balaban J connectivity index is 2.71. The summed E-state index contributed by atoms with van der Waals surface area (Å²) >= 11 is 9.97. The van der Waals surface area contributed by atoms with Crippen LogP contribution in [-0.2, 0) is 4.79 Å². The van der Waals surface area contributed by atoms with Crippen LogP contribution in [-0.4, -0.2) is 15.6 Å². The van der Waals surface area contributed by atoms with Gasteiger partial charge < -0.3 is 5.32 Å². The van der Waals surface area contributed by atoms with Gasteiger partial charge in [0, 0.05) is 15.5 Å². The number of hydrogen-bond donors (Lipinski definition) is 1. The van der Waals surface area contributed by atoms with E-state index in [2.05, 4.69) is 53.1 Å². The van der Waals surface area contributed by atoms with Crippen LogP contribution in [0.15, 0.2) is 28.7 Å². The van der Waals surface area contributed by atoms with Gasteiger partial charge >= 0.3 is 0 Å². The predicted molar refractivity (Wildman–Crippen MR) is 73.9 cm³/mol. The van der Waals surface area contributed by atoms with Crippen LogP contribution in [0.25, 0.3) is 0 Å². The predicted octanol–water partition coefficient (Wildman–Crippen LogP) is 3.94. The van der Waals surface area contributed by atoms with Crippen molar-refractivity contribution in [3.8, 4) is 0 Å². The second-order valence-corrected chi connectivity index (χ2v) is 6.52. The molecular formula is C10H10Br3NO. The van der Waals surface area contributed by atoms with Gasteiger partial charge in [0.15, 0.2) is 0 Å². The number of benzene rings is 1. The molecule has 1 rings (SSSR count). The highest BCUT2D eigenvalue weighted by Crippen LogP contribution is 2.23. The smallest absolute Gasteiger partial charge is 0.241 e. The molecule has 0 radical (unpaired) electrons. The summed E-state index contributed by atoms with van der Waals surface area (Å²) in [6, 6.07) is 7.46. The molecule has 1 aromatic rings. The highest BCUT2D eigenvalue weighted by molar-refractivity contribution is 9.12. The van der Waals surface area contributed by atoms with E-state index >= 15 is 0 Å². The van der Waals surface area contributed by atoms with Crippen molar-refractivity contribution in [3.05, 3.63) is 28.7 Å². The molecule has 15 heavy (non-hydrogen) atoms. The lowest BCUT2D eigenvalue weighted by Crippen LogP contribution is -2.35. The van der Waals surface area contributed by atoms with E-state index in [9.17, 15) is 4.79 Å². The van der Waals surface area contributed by atoms with Crippen molar-refractivity contribution in [1.29, 1.82) is 0 Å². The number of anilines is 1. The van der Waals surface area contributed by atoms with E-state index in [0.717, 1.165) is 10.2 Å². The number of halogens is 3. The van der Waals surface area contributed by atoms with Crippen molar-refractivity contribution in [1.82, 2.24) is 0 Å². The van der Waals surface area contributed by atoms with Gasteiger partial charge in [0.05, 0.1) is 0 Å². The third-order valence-electron chi connectivity index (χ3n) is 1.83. The summed E-state index contributed by atoms with van der Waals surface area (Å²) in [6.45, 7) is 1.82. The van der Waals surface area contributed by atoms with Gasteiger partial charge in [0.1, 0.15) is 4.32 Å². The van der Waals surface area contributed by atoms with Crippen molar-refractivity contribution in [3.63, 3.8) is 0 Å². The second-order valence-electron chi connectivity index (χ2n) is 3.29. The monoisotopic (exact) mass is 397 g/mol. The summed E-state index contributed by atoms with van der Waals surface area (Å²) in [4.78, 5) is 11.8. The van der Waals surface area contributed by atoms with E-state index in [-0.39, 0.29) is 5.91 Å². The topological polar surface area (TPSA) is 29.1 Å². The van der Waals surface area contributed by atoms with Crippen molar-refractivity contribution in [2.75, 3.05) is 10.6 Å². The minimum atomic E-state index is -0.583. The summed E-state index contributed by atoms with van der Waals surface area (Å²) < 4.78 is 0.405. The first-order chi connectivity index (χ1) is 6.95. The number of carbonyl (C=O) groups is 1. The number of amides is 1. The Morgan fingerprint density at radius 1 is 1.40 bits per heavy atom. The average molecular weight is 400 g/mol. The van der Waals surface area contributed by atoms with Gasteiger partial charge in [0.2, 0.25) is 5.91 Å².